The first-order valence-electron chi connectivity index (χ1n) is 4.85. The van der Waals surface area contributed by atoms with E-state index < -0.39 is 0 Å². The quantitative estimate of drug-likeness (QED) is 0.538. The fourth-order valence-electron chi connectivity index (χ4n) is 1.24. The van der Waals surface area contributed by atoms with E-state index in [0.29, 0.717) is 5.56 Å². The van der Waals surface area contributed by atoms with Crippen LogP contribution in [-0.2, 0) is 11.3 Å². The molecule has 0 saturated heterocycles. The molecule has 0 N–H and O–H groups in total. The van der Waals surface area contributed by atoms with Gasteiger partial charge in [0.1, 0.15) is 12.1 Å². The summed E-state index contributed by atoms with van der Waals surface area (Å²) in [5, 5.41) is 0. The zero-order chi connectivity index (χ0) is 10.4. The second-order valence-electron chi connectivity index (χ2n) is 3.18. The molecule has 76 valence electrons. The van der Waals surface area contributed by atoms with Crippen molar-refractivity contribution in [2.45, 2.75) is 26.3 Å². The van der Waals surface area contributed by atoms with Crippen molar-refractivity contribution < 1.29 is 14.1 Å². The molecule has 0 radical (unpaired) electrons. The number of esters is 1. The summed E-state index contributed by atoms with van der Waals surface area (Å²) < 4.78 is 6.65. The van der Waals surface area contributed by atoms with Gasteiger partial charge in [-0.1, -0.05) is 13.3 Å². The summed E-state index contributed by atoms with van der Waals surface area (Å²) in [4.78, 5) is 11.2. The molecule has 0 amide bonds. The minimum absolute atomic E-state index is 0.282. The van der Waals surface area contributed by atoms with Crippen molar-refractivity contribution in [2.75, 3.05) is 7.11 Å². The van der Waals surface area contributed by atoms with Crippen LogP contribution in [-0.4, -0.2) is 13.1 Å². The maximum Gasteiger partial charge on any atom is 0.343 e. The highest BCUT2D eigenvalue weighted by molar-refractivity contribution is 5.88. The van der Waals surface area contributed by atoms with E-state index in [1.165, 1.54) is 7.11 Å². The molecule has 0 bridgehead atoms. The summed E-state index contributed by atoms with van der Waals surface area (Å²) in [6, 6.07) is 3.62. The number of ether oxygens (including phenoxy) is 1. The van der Waals surface area contributed by atoms with E-state index in [2.05, 4.69) is 11.7 Å². The molecule has 0 spiro atoms. The Kier molecular flexibility index (Phi) is 4.11. The van der Waals surface area contributed by atoms with Gasteiger partial charge in [-0.3, -0.25) is 0 Å². The second kappa shape index (κ2) is 5.37. The summed E-state index contributed by atoms with van der Waals surface area (Å²) in [5.41, 5.74) is 0.603. The highest BCUT2D eigenvalue weighted by atomic mass is 16.5. The molecule has 0 aliphatic rings. The predicted octanol–water partition coefficient (Wildman–Crippen LogP) is 1.56. The van der Waals surface area contributed by atoms with E-state index in [1.54, 1.807) is 6.07 Å². The Bertz CT molecular complexity index is 310. The van der Waals surface area contributed by atoms with Crippen molar-refractivity contribution >= 4 is 5.97 Å². The first kappa shape index (κ1) is 10.7. The number of unbranched alkanes of at least 4 members (excludes halogenated alkanes) is 1. The Balaban J connectivity index is 2.73. The lowest BCUT2D eigenvalue weighted by Crippen LogP contribution is -2.33. The van der Waals surface area contributed by atoms with Crippen LogP contribution in [0, 0.1) is 0 Å². The standard InChI is InChI=1S/C11H16NO2/c1-3-4-7-12-8-5-6-10(9-12)11(13)14-2/h5-6,8-9H,3-4,7H2,1-2H3/q+1. The molecule has 1 heterocycles. The van der Waals surface area contributed by atoms with Gasteiger partial charge in [-0.05, 0) is 6.07 Å². The Labute approximate surface area is 84.3 Å². The van der Waals surface area contributed by atoms with Crippen molar-refractivity contribution in [1.82, 2.24) is 0 Å². The average molecular weight is 194 g/mol. The van der Waals surface area contributed by atoms with Crippen LogP contribution in [0.4, 0.5) is 0 Å². The molecule has 14 heavy (non-hydrogen) atoms. The maximum absolute atomic E-state index is 11.2. The van der Waals surface area contributed by atoms with Crippen LogP contribution in [0.15, 0.2) is 24.5 Å². The number of pyridine rings is 1. The minimum atomic E-state index is -0.282. The fraction of sp³-hybridized carbons (Fsp3) is 0.455. The van der Waals surface area contributed by atoms with E-state index in [9.17, 15) is 4.79 Å². The number of carbonyl (C=O) groups excluding carboxylic acids is 1. The third kappa shape index (κ3) is 2.83. The molecule has 0 aliphatic heterocycles. The lowest BCUT2D eigenvalue weighted by atomic mass is 10.2. The van der Waals surface area contributed by atoms with Crippen LogP contribution in [0.25, 0.3) is 0 Å². The van der Waals surface area contributed by atoms with Gasteiger partial charge in [-0.2, -0.15) is 0 Å². The summed E-state index contributed by atoms with van der Waals surface area (Å²) in [6.45, 7) is 3.09. The van der Waals surface area contributed by atoms with Crippen LogP contribution in [0.1, 0.15) is 30.1 Å². The van der Waals surface area contributed by atoms with E-state index in [-0.39, 0.29) is 5.97 Å². The van der Waals surface area contributed by atoms with Gasteiger partial charge in [0, 0.05) is 12.5 Å². The number of hydrogen-bond acceptors (Lipinski definition) is 2. The molecule has 3 nitrogen and oxygen atoms in total. The van der Waals surface area contributed by atoms with E-state index in [1.807, 2.05) is 23.0 Å². The van der Waals surface area contributed by atoms with Crippen LogP contribution in [0.2, 0.25) is 0 Å². The number of hydrogen-bond donors (Lipinski definition) is 0. The Morgan fingerprint density at radius 1 is 1.57 bits per heavy atom. The predicted molar refractivity (Wildman–Crippen MR) is 52.9 cm³/mol. The second-order valence-corrected chi connectivity index (χ2v) is 3.18. The number of carbonyl (C=O) groups is 1. The van der Waals surface area contributed by atoms with E-state index >= 15 is 0 Å². The average Bonchev–Trinajstić information content (AvgIpc) is 2.25. The summed E-state index contributed by atoms with van der Waals surface area (Å²) in [5.74, 6) is -0.282. The van der Waals surface area contributed by atoms with Gasteiger partial charge in [0.25, 0.3) is 0 Å². The molecular formula is C11H16NO2+. The van der Waals surface area contributed by atoms with Crippen LogP contribution in [0.3, 0.4) is 0 Å². The first-order chi connectivity index (χ1) is 6.77. The van der Waals surface area contributed by atoms with Gasteiger partial charge in [0.2, 0.25) is 0 Å². The molecule has 0 atom stereocenters. The topological polar surface area (TPSA) is 30.2 Å². The molecular weight excluding hydrogens is 178 g/mol. The highest BCUT2D eigenvalue weighted by Gasteiger charge is 2.09. The van der Waals surface area contributed by atoms with E-state index in [4.69, 9.17) is 0 Å². The molecule has 1 aromatic heterocycles. The number of rotatable bonds is 4. The Morgan fingerprint density at radius 3 is 3.00 bits per heavy atom. The van der Waals surface area contributed by atoms with Crippen LogP contribution in [0.5, 0.6) is 0 Å². The molecule has 0 fully saturated rings. The molecule has 1 aromatic rings. The smallest absolute Gasteiger partial charge is 0.343 e. The SMILES string of the molecule is CCCC[n+]1cccc(C(=O)OC)c1. The van der Waals surface area contributed by atoms with Gasteiger partial charge in [-0.15, -0.1) is 0 Å². The van der Waals surface area contributed by atoms with Gasteiger partial charge in [-0.25, -0.2) is 9.36 Å². The zero-order valence-corrected chi connectivity index (χ0v) is 8.69. The van der Waals surface area contributed by atoms with Crippen molar-refractivity contribution in [3.05, 3.63) is 30.1 Å². The fourth-order valence-corrected chi connectivity index (χ4v) is 1.24. The van der Waals surface area contributed by atoms with Crippen LogP contribution < -0.4 is 4.57 Å². The third-order valence-corrected chi connectivity index (χ3v) is 2.05. The van der Waals surface area contributed by atoms with Gasteiger partial charge < -0.3 is 4.74 Å². The number of nitrogens with zero attached hydrogens (tertiary/aromatic N) is 1. The summed E-state index contributed by atoms with van der Waals surface area (Å²) in [7, 11) is 1.39. The highest BCUT2D eigenvalue weighted by Crippen LogP contribution is 1.97. The summed E-state index contributed by atoms with van der Waals surface area (Å²) >= 11 is 0. The third-order valence-electron chi connectivity index (χ3n) is 2.05. The number of aromatic nitrogens is 1. The molecule has 0 aromatic carbocycles. The van der Waals surface area contributed by atoms with Gasteiger partial charge in [0.05, 0.1) is 7.11 Å². The molecule has 3 heteroatoms. The Morgan fingerprint density at radius 2 is 2.36 bits per heavy atom. The van der Waals surface area contributed by atoms with Gasteiger partial charge >= 0.3 is 5.97 Å². The lowest BCUT2D eigenvalue weighted by molar-refractivity contribution is -0.697. The summed E-state index contributed by atoms with van der Waals surface area (Å²) in [6.07, 6.45) is 6.05. The molecule has 0 aliphatic carbocycles. The van der Waals surface area contributed by atoms with Crippen LogP contribution >= 0.6 is 0 Å². The molecule has 0 saturated carbocycles. The number of methoxy groups -OCH3 is 1. The molecule has 1 rings (SSSR count). The normalized spacial score (nSPS) is 9.86. The number of aryl methyl sites for hydroxylation is 1. The first-order valence-corrected chi connectivity index (χ1v) is 4.85. The molecule has 0 unspecified atom stereocenters. The van der Waals surface area contributed by atoms with Gasteiger partial charge in [0.15, 0.2) is 12.4 Å². The Hall–Kier alpha value is -1.38. The van der Waals surface area contributed by atoms with Crippen molar-refractivity contribution in [2.24, 2.45) is 0 Å². The monoisotopic (exact) mass is 194 g/mol. The van der Waals surface area contributed by atoms with Crippen molar-refractivity contribution in [3.8, 4) is 0 Å². The maximum atomic E-state index is 11.2. The van der Waals surface area contributed by atoms with E-state index in [0.717, 1.165) is 19.4 Å². The largest absolute Gasteiger partial charge is 0.465 e. The minimum Gasteiger partial charge on any atom is -0.465 e. The van der Waals surface area contributed by atoms with Crippen molar-refractivity contribution in [3.63, 3.8) is 0 Å². The lowest BCUT2D eigenvalue weighted by Gasteiger charge is -1.98. The van der Waals surface area contributed by atoms with Crippen molar-refractivity contribution in [1.29, 1.82) is 0 Å². The zero-order valence-electron chi connectivity index (χ0n) is 8.69.